The molecule has 0 atom stereocenters. The Kier molecular flexibility index (Phi) is 7.56. The monoisotopic (exact) mass is 462 g/mol. The van der Waals surface area contributed by atoms with Gasteiger partial charge in [0.25, 0.3) is 0 Å². The van der Waals surface area contributed by atoms with Crippen molar-refractivity contribution in [1.29, 1.82) is 0 Å². The van der Waals surface area contributed by atoms with Crippen LogP contribution >= 0.6 is 0 Å². The molecule has 1 aliphatic carbocycles. The molecule has 1 saturated carbocycles. The molecule has 0 unspecified atom stereocenters. The van der Waals surface area contributed by atoms with Crippen LogP contribution in [0.25, 0.3) is 22.3 Å². The summed E-state index contributed by atoms with van der Waals surface area (Å²) >= 11 is 0. The second-order valence-electron chi connectivity index (χ2n) is 8.79. The average molecular weight is 463 g/mol. The van der Waals surface area contributed by atoms with Gasteiger partial charge in [-0.3, -0.25) is 0 Å². The Hall–Kier alpha value is -3.27. The van der Waals surface area contributed by atoms with Crippen LogP contribution in [-0.2, 0) is 0 Å². The van der Waals surface area contributed by atoms with Crippen LogP contribution < -0.4 is 4.74 Å². The van der Waals surface area contributed by atoms with Gasteiger partial charge in [0.05, 0.1) is 0 Å². The zero-order valence-electron chi connectivity index (χ0n) is 19.4. The van der Waals surface area contributed by atoms with E-state index in [1.165, 1.54) is 18.2 Å². The van der Waals surface area contributed by atoms with E-state index in [-0.39, 0.29) is 23.7 Å². The van der Waals surface area contributed by atoms with Crippen molar-refractivity contribution < 1.29 is 17.9 Å². The smallest absolute Gasteiger partial charge is 0.201 e. The molecule has 0 amide bonds. The number of hydrogen-bond acceptors (Lipinski definition) is 1. The molecule has 1 nitrogen and oxygen atoms in total. The van der Waals surface area contributed by atoms with E-state index in [0.29, 0.717) is 28.5 Å². The average Bonchev–Trinajstić information content (AvgIpc) is 2.86. The van der Waals surface area contributed by atoms with Crippen LogP contribution in [0.4, 0.5) is 13.2 Å². The first-order valence-corrected chi connectivity index (χ1v) is 11.8. The highest BCUT2D eigenvalue weighted by Crippen LogP contribution is 2.38. The van der Waals surface area contributed by atoms with Crippen LogP contribution in [0.2, 0.25) is 0 Å². The Balaban J connectivity index is 1.51. The van der Waals surface area contributed by atoms with Crippen molar-refractivity contribution in [3.63, 3.8) is 0 Å². The molecule has 0 bridgehead atoms. The molecule has 1 fully saturated rings. The molecule has 0 saturated heterocycles. The van der Waals surface area contributed by atoms with E-state index in [9.17, 15) is 8.78 Å². The Morgan fingerprint density at radius 3 is 2.12 bits per heavy atom. The summed E-state index contributed by atoms with van der Waals surface area (Å²) in [7, 11) is 0. The summed E-state index contributed by atoms with van der Waals surface area (Å²) in [5.74, 6) is -1.40. The van der Waals surface area contributed by atoms with E-state index in [1.54, 1.807) is 30.3 Å². The summed E-state index contributed by atoms with van der Waals surface area (Å²) in [4.78, 5) is 0. The van der Waals surface area contributed by atoms with Gasteiger partial charge in [0.2, 0.25) is 5.82 Å². The lowest BCUT2D eigenvalue weighted by Gasteiger charge is -2.27. The topological polar surface area (TPSA) is 9.23 Å². The summed E-state index contributed by atoms with van der Waals surface area (Å²) in [6.07, 6.45) is 10.3. The molecule has 176 valence electrons. The maximum Gasteiger partial charge on any atom is 0.201 e. The predicted octanol–water partition coefficient (Wildman–Crippen LogP) is 8.85. The van der Waals surface area contributed by atoms with Crippen molar-refractivity contribution in [3.05, 3.63) is 102 Å². The van der Waals surface area contributed by atoms with Crippen molar-refractivity contribution in [2.75, 3.05) is 6.61 Å². The van der Waals surface area contributed by atoms with E-state index in [1.807, 2.05) is 12.1 Å². The van der Waals surface area contributed by atoms with Gasteiger partial charge in [0.15, 0.2) is 11.6 Å². The number of rotatable bonds is 7. The van der Waals surface area contributed by atoms with E-state index in [0.717, 1.165) is 31.2 Å². The third kappa shape index (κ3) is 5.11. The van der Waals surface area contributed by atoms with Crippen molar-refractivity contribution in [1.82, 2.24) is 0 Å². The number of hydrogen-bond donors (Lipinski definition) is 0. The fourth-order valence-corrected chi connectivity index (χ4v) is 4.78. The second-order valence-corrected chi connectivity index (χ2v) is 8.79. The van der Waals surface area contributed by atoms with Gasteiger partial charge >= 0.3 is 0 Å². The zero-order valence-corrected chi connectivity index (χ0v) is 19.4. The molecule has 0 aliphatic heterocycles. The highest BCUT2D eigenvalue weighted by atomic mass is 19.2. The second kappa shape index (κ2) is 10.8. The minimum Gasteiger partial charge on any atom is -0.486 e. The Bertz CT molecular complexity index is 1170. The molecule has 4 rings (SSSR count). The molecule has 0 heterocycles. The molecule has 1 aliphatic rings. The van der Waals surface area contributed by atoms with Gasteiger partial charge in [-0.25, -0.2) is 8.78 Å². The van der Waals surface area contributed by atoms with E-state index in [2.05, 4.69) is 25.7 Å². The normalized spacial score (nSPS) is 18.2. The molecule has 0 aromatic heterocycles. The van der Waals surface area contributed by atoms with Gasteiger partial charge in [-0.15, -0.1) is 0 Å². The van der Waals surface area contributed by atoms with Crippen molar-refractivity contribution in [3.8, 4) is 28.0 Å². The third-order valence-electron chi connectivity index (χ3n) is 6.61. The number of ether oxygens (including phenoxy) is 1. The van der Waals surface area contributed by atoms with E-state index >= 15 is 4.39 Å². The molecule has 3 aromatic rings. The molecular formula is C30H29F3O. The molecule has 34 heavy (non-hydrogen) atoms. The van der Waals surface area contributed by atoms with Crippen LogP contribution in [0.15, 0.2) is 79.4 Å². The van der Waals surface area contributed by atoms with Crippen molar-refractivity contribution in [2.24, 2.45) is 5.92 Å². The van der Waals surface area contributed by atoms with E-state index in [4.69, 9.17) is 4.74 Å². The summed E-state index contributed by atoms with van der Waals surface area (Å²) < 4.78 is 49.1. The lowest BCUT2D eigenvalue weighted by Crippen LogP contribution is -2.12. The van der Waals surface area contributed by atoms with Crippen molar-refractivity contribution >= 4 is 0 Å². The minimum absolute atomic E-state index is 0.0895. The highest BCUT2D eigenvalue weighted by Gasteiger charge is 2.22. The summed E-state index contributed by atoms with van der Waals surface area (Å²) in [6, 6.07) is 15.2. The molecule has 0 radical (unpaired) electrons. The molecule has 0 spiro atoms. The van der Waals surface area contributed by atoms with Gasteiger partial charge in [-0.1, -0.05) is 61.2 Å². The summed E-state index contributed by atoms with van der Waals surface area (Å²) in [6.45, 7) is 5.64. The SMILES string of the molecule is C=CCOc1ccc(-c2ccc(-c3ccc(C4CCC(C=CC)CC4)cc3F)cc2)c(F)c1F. The summed E-state index contributed by atoms with van der Waals surface area (Å²) in [5, 5.41) is 0. The minimum atomic E-state index is -1.04. The van der Waals surface area contributed by atoms with Crippen LogP contribution in [0.5, 0.6) is 5.75 Å². The molecule has 4 heteroatoms. The van der Waals surface area contributed by atoms with Gasteiger partial charge in [-0.2, -0.15) is 4.39 Å². The van der Waals surface area contributed by atoms with Crippen molar-refractivity contribution in [2.45, 2.75) is 38.5 Å². The van der Waals surface area contributed by atoms with E-state index < -0.39 is 11.6 Å². The van der Waals surface area contributed by atoms with Crippen LogP contribution in [0.3, 0.4) is 0 Å². The first kappa shape index (κ1) is 23.9. The lowest BCUT2D eigenvalue weighted by molar-refractivity contribution is 0.333. The number of benzene rings is 3. The Morgan fingerprint density at radius 2 is 1.50 bits per heavy atom. The third-order valence-corrected chi connectivity index (χ3v) is 6.61. The number of allylic oxidation sites excluding steroid dienone is 2. The maximum atomic E-state index is 15.0. The maximum absolute atomic E-state index is 15.0. The highest BCUT2D eigenvalue weighted by molar-refractivity contribution is 5.71. The van der Waals surface area contributed by atoms with Crippen LogP contribution in [0.1, 0.15) is 44.1 Å². The predicted molar refractivity (Wildman–Crippen MR) is 132 cm³/mol. The Morgan fingerprint density at radius 1 is 0.853 bits per heavy atom. The van der Waals surface area contributed by atoms with Gasteiger partial charge < -0.3 is 4.74 Å². The Labute approximate surface area is 199 Å². The summed E-state index contributed by atoms with van der Waals surface area (Å²) in [5.41, 5.74) is 2.87. The van der Waals surface area contributed by atoms with Gasteiger partial charge in [0, 0.05) is 11.1 Å². The largest absolute Gasteiger partial charge is 0.486 e. The fraction of sp³-hybridized carbons (Fsp3) is 0.267. The van der Waals surface area contributed by atoms with Crippen LogP contribution in [-0.4, -0.2) is 6.61 Å². The molecular weight excluding hydrogens is 433 g/mol. The standard InChI is InChI=1S/C30H29F3O/c1-3-5-20-6-8-21(9-7-20)24-14-15-25(27(31)19-24)22-10-12-23(13-11-22)26-16-17-28(34-18-4-2)30(33)29(26)32/h3-5,10-17,19-21H,2,6-9,18H2,1H3. The molecule has 3 aromatic carbocycles. The molecule has 0 N–H and O–H groups in total. The van der Waals surface area contributed by atoms with Crippen LogP contribution in [0, 0.1) is 23.4 Å². The lowest BCUT2D eigenvalue weighted by atomic mass is 9.78. The number of halogens is 3. The fourth-order valence-electron chi connectivity index (χ4n) is 4.78. The first-order chi connectivity index (χ1) is 16.5. The first-order valence-electron chi connectivity index (χ1n) is 11.8. The quantitative estimate of drug-likeness (QED) is 0.319. The van der Waals surface area contributed by atoms with Gasteiger partial charge in [0.1, 0.15) is 12.4 Å². The van der Waals surface area contributed by atoms with Gasteiger partial charge in [-0.05, 0) is 79.3 Å². The zero-order chi connectivity index (χ0) is 24.1.